The number of nitrogens with zero attached hydrogens (tertiary/aromatic N) is 1. The van der Waals surface area contributed by atoms with E-state index in [2.05, 4.69) is 0 Å². The summed E-state index contributed by atoms with van der Waals surface area (Å²) in [5.74, 6) is -1.72. The molecule has 7 heteroatoms. The number of hydrogen-bond donors (Lipinski definition) is 5. The second-order valence-electron chi connectivity index (χ2n) is 3.00. The third-order valence-corrected chi connectivity index (χ3v) is 1.95. The SMILES string of the molecule is CN(O)C(O)(C(=O)O)C(O)CCCN. The molecule has 2 atom stereocenters. The molecule has 0 rings (SSSR count). The van der Waals surface area contributed by atoms with Gasteiger partial charge >= 0.3 is 5.97 Å². The number of hydrogen-bond acceptors (Lipinski definition) is 6. The number of likely N-dealkylation sites (N-methyl/N-ethyl adjacent to an activating group) is 1. The lowest BCUT2D eigenvalue weighted by Crippen LogP contribution is -2.59. The number of aliphatic hydroxyl groups excluding tert-OH is 1. The van der Waals surface area contributed by atoms with Crippen LogP contribution in [0.3, 0.4) is 0 Å². The van der Waals surface area contributed by atoms with Gasteiger partial charge in [-0.25, -0.2) is 4.79 Å². The predicted molar refractivity (Wildman–Crippen MR) is 46.4 cm³/mol. The molecule has 0 spiro atoms. The summed E-state index contributed by atoms with van der Waals surface area (Å²) in [5, 5.41) is 36.4. The lowest BCUT2D eigenvalue weighted by Gasteiger charge is -2.32. The number of carboxylic acid groups (broad SMARTS) is 1. The second kappa shape index (κ2) is 5.23. The second-order valence-corrected chi connectivity index (χ2v) is 3.00. The number of rotatable bonds is 6. The minimum atomic E-state index is -2.69. The molecule has 0 aliphatic rings. The van der Waals surface area contributed by atoms with Crippen LogP contribution in [0, 0.1) is 0 Å². The Morgan fingerprint density at radius 1 is 1.64 bits per heavy atom. The van der Waals surface area contributed by atoms with Crippen LogP contribution in [0.25, 0.3) is 0 Å². The van der Waals surface area contributed by atoms with Crippen LogP contribution in [-0.4, -0.2) is 57.0 Å². The molecule has 84 valence electrons. The lowest BCUT2D eigenvalue weighted by atomic mass is 10.0. The number of nitrogens with two attached hydrogens (primary N) is 1. The Kier molecular flexibility index (Phi) is 4.95. The van der Waals surface area contributed by atoms with Crippen molar-refractivity contribution in [1.29, 1.82) is 0 Å². The quantitative estimate of drug-likeness (QED) is 0.257. The molecule has 6 N–H and O–H groups in total. The van der Waals surface area contributed by atoms with Crippen molar-refractivity contribution in [2.24, 2.45) is 5.73 Å². The summed E-state index contributed by atoms with van der Waals surface area (Å²) < 4.78 is 0. The van der Waals surface area contributed by atoms with Crippen molar-refractivity contribution in [3.05, 3.63) is 0 Å². The van der Waals surface area contributed by atoms with Crippen molar-refractivity contribution >= 4 is 5.97 Å². The Bertz CT molecular complexity index is 199. The fraction of sp³-hybridized carbons (Fsp3) is 0.857. The third kappa shape index (κ3) is 2.63. The van der Waals surface area contributed by atoms with Crippen molar-refractivity contribution in [3.63, 3.8) is 0 Å². The van der Waals surface area contributed by atoms with Crippen LogP contribution in [0.2, 0.25) is 0 Å². The van der Waals surface area contributed by atoms with E-state index in [4.69, 9.17) is 16.0 Å². The Labute approximate surface area is 81.3 Å². The zero-order valence-corrected chi connectivity index (χ0v) is 7.92. The molecule has 0 bridgehead atoms. The largest absolute Gasteiger partial charge is 0.478 e. The van der Waals surface area contributed by atoms with E-state index in [0.29, 0.717) is 6.42 Å². The van der Waals surface area contributed by atoms with Gasteiger partial charge in [0, 0.05) is 7.05 Å². The number of hydroxylamine groups is 2. The molecule has 0 aromatic rings. The van der Waals surface area contributed by atoms with Gasteiger partial charge in [-0.2, -0.15) is 5.06 Å². The monoisotopic (exact) mass is 208 g/mol. The van der Waals surface area contributed by atoms with Crippen molar-refractivity contribution in [2.75, 3.05) is 13.6 Å². The summed E-state index contributed by atoms with van der Waals surface area (Å²) in [4.78, 5) is 10.6. The summed E-state index contributed by atoms with van der Waals surface area (Å²) in [6.45, 7) is 0.266. The van der Waals surface area contributed by atoms with Crippen molar-refractivity contribution in [1.82, 2.24) is 5.06 Å². The zero-order chi connectivity index (χ0) is 11.4. The molecule has 0 saturated heterocycles. The van der Waals surface area contributed by atoms with Crippen molar-refractivity contribution < 1.29 is 25.3 Å². The van der Waals surface area contributed by atoms with Crippen LogP contribution in [0.1, 0.15) is 12.8 Å². The molecule has 0 aromatic heterocycles. The van der Waals surface area contributed by atoms with Crippen LogP contribution < -0.4 is 5.73 Å². The zero-order valence-electron chi connectivity index (χ0n) is 7.92. The van der Waals surface area contributed by atoms with Crippen LogP contribution >= 0.6 is 0 Å². The maximum Gasteiger partial charge on any atom is 0.356 e. The van der Waals surface area contributed by atoms with Gasteiger partial charge in [0.15, 0.2) is 0 Å². The topological polar surface area (TPSA) is 127 Å². The first-order chi connectivity index (χ1) is 6.37. The van der Waals surface area contributed by atoms with Crippen molar-refractivity contribution in [2.45, 2.75) is 24.7 Å². The number of aliphatic hydroxyl groups is 2. The minimum absolute atomic E-state index is 0.00972. The van der Waals surface area contributed by atoms with Gasteiger partial charge in [-0.1, -0.05) is 0 Å². The molecule has 0 aromatic carbocycles. The Morgan fingerprint density at radius 3 is 2.43 bits per heavy atom. The van der Waals surface area contributed by atoms with E-state index in [1.807, 2.05) is 0 Å². The molecular formula is C7H16N2O5. The lowest BCUT2D eigenvalue weighted by molar-refractivity contribution is -0.280. The van der Waals surface area contributed by atoms with Gasteiger partial charge in [0.2, 0.25) is 0 Å². The van der Waals surface area contributed by atoms with Gasteiger partial charge < -0.3 is 26.3 Å². The van der Waals surface area contributed by atoms with Gasteiger partial charge in [0.05, 0.1) is 0 Å². The number of aliphatic carboxylic acids is 1. The summed E-state index contributed by atoms with van der Waals surface area (Å²) >= 11 is 0. The maximum absolute atomic E-state index is 10.6. The Balaban J connectivity index is 4.56. The molecule has 2 unspecified atom stereocenters. The van der Waals surface area contributed by atoms with Crippen LogP contribution in [0.15, 0.2) is 0 Å². The summed E-state index contributed by atoms with van der Waals surface area (Å²) in [6, 6.07) is 0. The van der Waals surface area contributed by atoms with Gasteiger partial charge in [-0.15, -0.1) is 0 Å². The van der Waals surface area contributed by atoms with Gasteiger partial charge in [-0.3, -0.25) is 0 Å². The summed E-state index contributed by atoms with van der Waals surface area (Å²) in [5.41, 5.74) is 2.47. The summed E-state index contributed by atoms with van der Waals surface area (Å²) in [7, 11) is 0.944. The average Bonchev–Trinajstić information content (AvgIpc) is 2.11. The van der Waals surface area contributed by atoms with Gasteiger partial charge in [-0.05, 0) is 19.4 Å². The molecule has 0 aliphatic carbocycles. The van der Waals surface area contributed by atoms with E-state index in [9.17, 15) is 15.0 Å². The molecule has 7 nitrogen and oxygen atoms in total. The Morgan fingerprint density at radius 2 is 2.14 bits per heavy atom. The standard InChI is InChI=1S/C7H16N2O5/c1-9(14)7(13,6(11)12)5(10)3-2-4-8/h5,10,13-14H,2-4,8H2,1H3,(H,11,12). The van der Waals surface area contributed by atoms with Crippen molar-refractivity contribution in [3.8, 4) is 0 Å². The molecular weight excluding hydrogens is 192 g/mol. The average molecular weight is 208 g/mol. The smallest absolute Gasteiger partial charge is 0.356 e. The molecule has 0 heterocycles. The minimum Gasteiger partial charge on any atom is -0.478 e. The molecule has 14 heavy (non-hydrogen) atoms. The highest BCUT2D eigenvalue weighted by Crippen LogP contribution is 2.17. The first kappa shape index (κ1) is 13.3. The molecule has 0 amide bonds. The van der Waals surface area contributed by atoms with E-state index in [1.165, 1.54) is 0 Å². The molecule has 0 radical (unpaired) electrons. The highest BCUT2D eigenvalue weighted by atomic mass is 16.6. The van der Waals surface area contributed by atoms with E-state index >= 15 is 0 Å². The fourth-order valence-corrected chi connectivity index (χ4v) is 1.01. The third-order valence-electron chi connectivity index (χ3n) is 1.95. The van der Waals surface area contributed by atoms with E-state index in [0.717, 1.165) is 7.05 Å². The fourth-order valence-electron chi connectivity index (χ4n) is 1.01. The number of carboxylic acids is 1. The first-order valence-electron chi connectivity index (χ1n) is 4.14. The molecule has 0 aliphatic heterocycles. The van der Waals surface area contributed by atoms with Crippen LogP contribution in [0.4, 0.5) is 0 Å². The molecule has 0 saturated carbocycles. The Hall–Kier alpha value is -0.730. The normalized spacial score (nSPS) is 17.9. The highest BCUT2D eigenvalue weighted by Gasteiger charge is 2.47. The predicted octanol–water partition coefficient (Wildman–Crippen LogP) is -1.82. The van der Waals surface area contributed by atoms with E-state index in [-0.39, 0.29) is 18.0 Å². The van der Waals surface area contributed by atoms with E-state index < -0.39 is 17.8 Å². The first-order valence-corrected chi connectivity index (χ1v) is 4.14. The highest BCUT2D eigenvalue weighted by molar-refractivity contribution is 5.77. The maximum atomic E-state index is 10.6. The van der Waals surface area contributed by atoms with E-state index in [1.54, 1.807) is 0 Å². The van der Waals surface area contributed by atoms with Crippen LogP contribution in [-0.2, 0) is 4.79 Å². The number of carbonyl (C=O) groups is 1. The van der Waals surface area contributed by atoms with Gasteiger partial charge in [0.25, 0.3) is 5.72 Å². The molecule has 0 fully saturated rings. The van der Waals surface area contributed by atoms with Gasteiger partial charge in [0.1, 0.15) is 6.10 Å². The van der Waals surface area contributed by atoms with Crippen LogP contribution in [0.5, 0.6) is 0 Å². The summed E-state index contributed by atoms with van der Waals surface area (Å²) in [6.07, 6.45) is -1.26.